The molecular formula is C22H24N4O5S. The minimum Gasteiger partial charge on any atom is -0.493 e. The number of hydrogen-bond acceptors (Lipinski definition) is 8. The summed E-state index contributed by atoms with van der Waals surface area (Å²) in [6, 6.07) is 9.99. The third kappa shape index (κ3) is 4.03. The Bertz CT molecular complexity index is 1090. The number of aliphatic imine (C=N–C) groups is 1. The van der Waals surface area contributed by atoms with Crippen molar-refractivity contribution in [3.05, 3.63) is 63.2 Å². The van der Waals surface area contributed by atoms with Crippen LogP contribution in [0.3, 0.4) is 0 Å². The highest BCUT2D eigenvalue weighted by Gasteiger charge is 2.35. The Morgan fingerprint density at radius 1 is 1.16 bits per heavy atom. The summed E-state index contributed by atoms with van der Waals surface area (Å²) in [5.41, 5.74) is 6.40. The van der Waals surface area contributed by atoms with Gasteiger partial charge >= 0.3 is 0 Å². The van der Waals surface area contributed by atoms with Crippen LogP contribution in [-0.2, 0) is 11.2 Å². The molecule has 4 rings (SSSR count). The fourth-order valence-corrected chi connectivity index (χ4v) is 4.90. The fraction of sp³-hybridized carbons (Fsp3) is 0.364. The predicted molar refractivity (Wildman–Crippen MR) is 122 cm³/mol. The lowest BCUT2D eigenvalue weighted by molar-refractivity contribution is -0.384. The molecule has 3 atom stereocenters. The number of methoxy groups -OCH3 is 2. The highest BCUT2D eigenvalue weighted by Crippen LogP contribution is 2.39. The van der Waals surface area contributed by atoms with Gasteiger partial charge in [-0.25, -0.2) is 5.43 Å². The number of amides is 1. The summed E-state index contributed by atoms with van der Waals surface area (Å²) in [5, 5.41) is 13.4. The minimum atomic E-state index is -0.419. The summed E-state index contributed by atoms with van der Waals surface area (Å²) in [5.74, 6) is 1.07. The largest absolute Gasteiger partial charge is 0.493 e. The van der Waals surface area contributed by atoms with Gasteiger partial charge < -0.3 is 9.47 Å². The van der Waals surface area contributed by atoms with Crippen molar-refractivity contribution >= 4 is 28.5 Å². The van der Waals surface area contributed by atoms with E-state index in [0.717, 1.165) is 16.7 Å². The lowest BCUT2D eigenvalue weighted by atomic mass is 9.92. The van der Waals surface area contributed by atoms with Gasteiger partial charge in [0.05, 0.1) is 30.4 Å². The molecule has 2 aliphatic rings. The van der Waals surface area contributed by atoms with Gasteiger partial charge in [0.2, 0.25) is 0 Å². The van der Waals surface area contributed by atoms with Gasteiger partial charge in [0.25, 0.3) is 11.6 Å². The summed E-state index contributed by atoms with van der Waals surface area (Å²) in [6.07, 6.45) is 0.675. The number of carbonyl (C=O) groups excluding carboxylic acids is 1. The first-order valence-corrected chi connectivity index (χ1v) is 11.0. The zero-order valence-electron chi connectivity index (χ0n) is 18.2. The lowest BCUT2D eigenvalue weighted by Gasteiger charge is -2.32. The molecule has 2 heterocycles. The van der Waals surface area contributed by atoms with Gasteiger partial charge in [-0.2, -0.15) is 4.99 Å². The topological polar surface area (TPSA) is 106 Å². The van der Waals surface area contributed by atoms with Crippen LogP contribution < -0.4 is 14.9 Å². The van der Waals surface area contributed by atoms with E-state index >= 15 is 0 Å². The Labute approximate surface area is 189 Å². The third-order valence-electron chi connectivity index (χ3n) is 5.66. The molecule has 1 N–H and O–H groups in total. The number of amidine groups is 1. The number of rotatable bonds is 4. The van der Waals surface area contributed by atoms with E-state index in [1.54, 1.807) is 26.4 Å². The molecule has 2 aromatic rings. The molecule has 168 valence electrons. The number of nitrogens with one attached hydrogen (secondary N) is 1. The molecule has 2 unspecified atom stereocenters. The van der Waals surface area contributed by atoms with Crippen molar-refractivity contribution in [1.82, 2.24) is 10.4 Å². The fourth-order valence-electron chi connectivity index (χ4n) is 3.94. The van der Waals surface area contributed by atoms with Crippen LogP contribution in [0.15, 0.2) is 41.4 Å². The Hall–Kier alpha value is -3.11. The van der Waals surface area contributed by atoms with E-state index in [2.05, 4.69) is 17.3 Å². The maximum atomic E-state index is 12.1. The van der Waals surface area contributed by atoms with Gasteiger partial charge in [0.15, 0.2) is 16.7 Å². The van der Waals surface area contributed by atoms with E-state index in [-0.39, 0.29) is 28.9 Å². The number of hydrazine groups is 1. The molecule has 0 aliphatic carbocycles. The van der Waals surface area contributed by atoms with Crippen molar-refractivity contribution in [3.8, 4) is 11.5 Å². The number of nitro groups is 1. The molecule has 0 aromatic heterocycles. The molecule has 0 saturated carbocycles. The Morgan fingerprint density at radius 2 is 1.81 bits per heavy atom. The second-order valence-electron chi connectivity index (χ2n) is 7.73. The maximum Gasteiger partial charge on any atom is 0.269 e. The summed E-state index contributed by atoms with van der Waals surface area (Å²) >= 11 is 1.42. The van der Waals surface area contributed by atoms with Crippen molar-refractivity contribution in [2.75, 3.05) is 14.2 Å². The van der Waals surface area contributed by atoms with Crippen molar-refractivity contribution in [3.63, 3.8) is 0 Å². The van der Waals surface area contributed by atoms with Crippen molar-refractivity contribution in [2.45, 2.75) is 37.6 Å². The van der Waals surface area contributed by atoms with Crippen molar-refractivity contribution < 1.29 is 19.2 Å². The first-order chi connectivity index (χ1) is 15.3. The number of hydrogen-bond donors (Lipinski definition) is 1. The first kappa shape index (κ1) is 22.1. The molecule has 0 spiro atoms. The average Bonchev–Trinajstić information content (AvgIpc) is 3.04. The normalized spacial score (nSPS) is 22.8. The highest BCUT2D eigenvalue weighted by atomic mass is 32.2. The van der Waals surface area contributed by atoms with Crippen molar-refractivity contribution in [2.24, 2.45) is 4.99 Å². The van der Waals surface area contributed by atoms with E-state index in [9.17, 15) is 14.9 Å². The number of benzene rings is 2. The molecule has 0 bridgehead atoms. The Balaban J connectivity index is 1.82. The third-order valence-corrected chi connectivity index (χ3v) is 6.71. The summed E-state index contributed by atoms with van der Waals surface area (Å²) < 4.78 is 11.0. The minimum absolute atomic E-state index is 0.0146. The molecule has 9 nitrogen and oxygen atoms in total. The smallest absolute Gasteiger partial charge is 0.269 e. The molecule has 32 heavy (non-hydrogen) atoms. The van der Waals surface area contributed by atoms with Crippen LogP contribution in [-0.4, -0.2) is 46.5 Å². The van der Waals surface area contributed by atoms with E-state index < -0.39 is 4.92 Å². The molecule has 0 radical (unpaired) electrons. The summed E-state index contributed by atoms with van der Waals surface area (Å²) in [4.78, 5) is 27.1. The zero-order valence-corrected chi connectivity index (χ0v) is 19.0. The molecule has 1 amide bonds. The van der Waals surface area contributed by atoms with Gasteiger partial charge in [-0.15, -0.1) is 0 Å². The van der Waals surface area contributed by atoms with Crippen LogP contribution in [0, 0.1) is 10.1 Å². The average molecular weight is 457 g/mol. The summed E-state index contributed by atoms with van der Waals surface area (Å²) in [6.45, 7) is 3.90. The number of nitrogens with zero attached hydrogens (tertiary/aromatic N) is 3. The van der Waals surface area contributed by atoms with Crippen LogP contribution in [0.1, 0.15) is 36.6 Å². The predicted octanol–water partition coefficient (Wildman–Crippen LogP) is 3.47. The van der Waals surface area contributed by atoms with Crippen molar-refractivity contribution in [1.29, 1.82) is 0 Å². The molecule has 10 heteroatoms. The van der Waals surface area contributed by atoms with Crippen LogP contribution in [0.25, 0.3) is 0 Å². The highest BCUT2D eigenvalue weighted by molar-refractivity contribution is 8.15. The Morgan fingerprint density at radius 3 is 2.38 bits per heavy atom. The van der Waals surface area contributed by atoms with Gasteiger partial charge in [0.1, 0.15) is 0 Å². The molecule has 2 aliphatic heterocycles. The van der Waals surface area contributed by atoms with Gasteiger partial charge in [0, 0.05) is 18.2 Å². The lowest BCUT2D eigenvalue weighted by Crippen LogP contribution is -2.47. The molecular weight excluding hydrogens is 432 g/mol. The van der Waals surface area contributed by atoms with E-state index in [1.165, 1.54) is 23.9 Å². The summed E-state index contributed by atoms with van der Waals surface area (Å²) in [7, 11) is 3.18. The van der Waals surface area contributed by atoms with Crippen LogP contribution in [0.2, 0.25) is 0 Å². The zero-order chi connectivity index (χ0) is 23.0. The number of nitro benzene ring substituents is 1. The standard InChI is InChI=1S/C22H24N4O5S/c1-12-9-15-10-18(30-3)19(31-4)11-17(15)20(14-5-7-16(8-6-14)26(28)29)24-25(12)22-23-21(27)13(2)32-22/h5-8,10-13,20,24H,9H2,1-4H3/t12-,13?,20?/m0/s1. The number of ether oxygens (including phenoxy) is 2. The number of thioether (sulfide) groups is 1. The SMILES string of the molecule is COc1cc2c(cc1OC)C(c1ccc([N+](=O)[O-])cc1)NN(C1=NC(=O)C(C)S1)[C@@H](C)C2. The second kappa shape index (κ2) is 8.79. The second-order valence-corrected chi connectivity index (χ2v) is 9.04. The van der Waals surface area contributed by atoms with Crippen LogP contribution in [0.4, 0.5) is 5.69 Å². The quantitative estimate of drug-likeness (QED) is 0.551. The van der Waals surface area contributed by atoms with Gasteiger partial charge in [-0.05, 0) is 49.1 Å². The van der Waals surface area contributed by atoms with Crippen LogP contribution in [0.5, 0.6) is 11.5 Å². The monoisotopic (exact) mass is 456 g/mol. The number of fused-ring (bicyclic) bond motifs is 1. The number of non-ortho nitro benzene ring substituents is 1. The Kier molecular flexibility index (Phi) is 6.07. The molecule has 0 fully saturated rings. The number of carbonyl (C=O) groups is 1. The van der Waals surface area contributed by atoms with E-state index in [0.29, 0.717) is 23.1 Å². The van der Waals surface area contributed by atoms with Gasteiger partial charge in [-0.3, -0.25) is 19.9 Å². The van der Waals surface area contributed by atoms with E-state index in [4.69, 9.17) is 9.47 Å². The molecule has 2 aromatic carbocycles. The first-order valence-electron chi connectivity index (χ1n) is 10.2. The van der Waals surface area contributed by atoms with E-state index in [1.807, 2.05) is 24.1 Å². The van der Waals surface area contributed by atoms with Gasteiger partial charge in [-0.1, -0.05) is 23.9 Å². The molecule has 0 saturated heterocycles. The maximum absolute atomic E-state index is 12.1. The van der Waals surface area contributed by atoms with Crippen LogP contribution >= 0.6 is 11.8 Å².